The number of nitrogens with zero attached hydrogens (tertiary/aromatic N) is 3. The molecular weight excluding hydrogens is 356 g/mol. The van der Waals surface area contributed by atoms with Gasteiger partial charge in [-0.25, -0.2) is 14.2 Å². The van der Waals surface area contributed by atoms with Crippen molar-refractivity contribution in [2.24, 2.45) is 5.92 Å². The molecule has 1 N–H and O–H groups in total. The zero-order valence-corrected chi connectivity index (χ0v) is 16.8. The fourth-order valence-corrected chi connectivity index (χ4v) is 3.82. The van der Waals surface area contributed by atoms with Gasteiger partial charge in [0.1, 0.15) is 6.29 Å². The molecule has 28 heavy (non-hydrogen) atoms. The van der Waals surface area contributed by atoms with E-state index in [1.54, 1.807) is 10.6 Å². The van der Waals surface area contributed by atoms with Crippen LogP contribution in [-0.2, 0) is 11.3 Å². The highest BCUT2D eigenvalue weighted by Crippen LogP contribution is 2.14. The Morgan fingerprint density at radius 2 is 1.82 bits per heavy atom. The zero-order valence-electron chi connectivity index (χ0n) is 16.8. The first-order valence-corrected chi connectivity index (χ1v) is 10.3. The lowest BCUT2D eigenvalue weighted by Crippen LogP contribution is -2.45. The number of carbonyl (C=O) groups is 2. The third-order valence-corrected chi connectivity index (χ3v) is 5.82. The number of para-hydroxylation sites is 2. The average molecular weight is 386 g/mol. The fraction of sp³-hybridized carbons (Fsp3) is 0.571. The van der Waals surface area contributed by atoms with Crippen LogP contribution in [0.2, 0.25) is 0 Å². The molecule has 152 valence electrons. The maximum atomic E-state index is 13.1. The largest absolute Gasteiger partial charge is 0.337 e. The van der Waals surface area contributed by atoms with Crippen LogP contribution < -0.4 is 11.0 Å². The lowest BCUT2D eigenvalue weighted by atomic mass is 10.0. The molecule has 1 amide bonds. The highest BCUT2D eigenvalue weighted by molar-refractivity contribution is 5.90. The van der Waals surface area contributed by atoms with E-state index >= 15 is 0 Å². The molecule has 1 aliphatic heterocycles. The minimum atomic E-state index is -0.611. The number of hydrogen-bond donors (Lipinski definition) is 1. The number of amides is 1. The van der Waals surface area contributed by atoms with E-state index in [1.165, 1.54) is 19.3 Å². The predicted molar refractivity (Wildman–Crippen MR) is 110 cm³/mol. The first-order chi connectivity index (χ1) is 13.6. The van der Waals surface area contributed by atoms with E-state index in [1.807, 2.05) is 32.0 Å². The molecule has 2 atom stereocenters. The van der Waals surface area contributed by atoms with Crippen LogP contribution in [0, 0.1) is 5.92 Å². The lowest BCUT2D eigenvalue weighted by Gasteiger charge is -2.26. The maximum absolute atomic E-state index is 13.1. The van der Waals surface area contributed by atoms with Gasteiger partial charge in [-0.1, -0.05) is 38.8 Å². The van der Waals surface area contributed by atoms with Crippen molar-refractivity contribution in [3.63, 3.8) is 0 Å². The van der Waals surface area contributed by atoms with Crippen molar-refractivity contribution in [1.29, 1.82) is 0 Å². The minimum Gasteiger partial charge on any atom is -0.327 e. The van der Waals surface area contributed by atoms with Crippen LogP contribution >= 0.6 is 0 Å². The Labute approximate surface area is 165 Å². The zero-order chi connectivity index (χ0) is 20.1. The molecule has 0 unspecified atom stereocenters. The summed E-state index contributed by atoms with van der Waals surface area (Å²) in [6, 6.07) is 6.16. The Bertz CT molecular complexity index is 879. The maximum Gasteiger partial charge on any atom is 0.337 e. The molecule has 2 aromatic rings. The van der Waals surface area contributed by atoms with Crippen molar-refractivity contribution in [2.45, 2.75) is 52.1 Å². The second-order valence-corrected chi connectivity index (χ2v) is 7.66. The van der Waals surface area contributed by atoms with Gasteiger partial charge in [-0.05, 0) is 44.0 Å². The number of fused-ring (bicyclic) bond motifs is 1. The highest BCUT2D eigenvalue weighted by Gasteiger charge is 2.23. The molecule has 0 saturated carbocycles. The molecule has 1 fully saturated rings. The summed E-state index contributed by atoms with van der Waals surface area (Å²) < 4.78 is 2.83. The molecule has 1 saturated heterocycles. The predicted octanol–water partition coefficient (Wildman–Crippen LogP) is 2.46. The molecule has 1 aromatic carbocycles. The van der Waals surface area contributed by atoms with Gasteiger partial charge in [-0.2, -0.15) is 0 Å². The lowest BCUT2D eigenvalue weighted by molar-refractivity contribution is -0.110. The van der Waals surface area contributed by atoms with Gasteiger partial charge in [0.15, 0.2) is 0 Å². The quantitative estimate of drug-likeness (QED) is 0.742. The number of aldehydes is 1. The van der Waals surface area contributed by atoms with Gasteiger partial charge in [-0.15, -0.1) is 0 Å². The summed E-state index contributed by atoms with van der Waals surface area (Å²) in [4.78, 5) is 39.7. The topological polar surface area (TPSA) is 76.3 Å². The highest BCUT2D eigenvalue weighted by atomic mass is 16.2. The van der Waals surface area contributed by atoms with E-state index in [0.717, 1.165) is 42.4 Å². The van der Waals surface area contributed by atoms with Crippen molar-refractivity contribution in [3.05, 3.63) is 34.7 Å². The second kappa shape index (κ2) is 9.19. The summed E-state index contributed by atoms with van der Waals surface area (Å²) in [6.07, 6.45) is 5.16. The summed E-state index contributed by atoms with van der Waals surface area (Å²) in [7, 11) is 0. The van der Waals surface area contributed by atoms with E-state index in [-0.39, 0.29) is 11.6 Å². The van der Waals surface area contributed by atoms with Crippen LogP contribution in [0.3, 0.4) is 0 Å². The second-order valence-electron chi connectivity index (χ2n) is 7.66. The number of nitrogens with one attached hydrogen (secondary N) is 1. The van der Waals surface area contributed by atoms with Crippen molar-refractivity contribution >= 4 is 23.4 Å². The molecule has 0 radical (unpaired) electrons. The molecule has 0 aliphatic carbocycles. The number of piperidine rings is 1. The summed E-state index contributed by atoms with van der Waals surface area (Å²) in [5.74, 6) is 0.00426. The third-order valence-electron chi connectivity index (χ3n) is 5.82. The number of likely N-dealkylation sites (tertiary alicyclic amines) is 1. The normalized spacial score (nSPS) is 17.4. The molecule has 1 aliphatic rings. The van der Waals surface area contributed by atoms with Gasteiger partial charge in [0, 0.05) is 13.1 Å². The van der Waals surface area contributed by atoms with Gasteiger partial charge >= 0.3 is 11.7 Å². The van der Waals surface area contributed by atoms with Crippen molar-refractivity contribution in [3.8, 4) is 0 Å². The standard InChI is InChI=1S/C21H30N4O3/c1-3-16(2)17(15-26)22-20(27)25-19-10-6-5-9-18(19)24(21(25)28)14-13-23-11-7-4-8-12-23/h5-6,9-10,15-17H,3-4,7-8,11-14H2,1-2H3,(H,22,27)/t16-,17+/m0/s1. The van der Waals surface area contributed by atoms with Gasteiger partial charge in [0.25, 0.3) is 0 Å². The van der Waals surface area contributed by atoms with Crippen LogP contribution in [0.15, 0.2) is 29.1 Å². The summed E-state index contributed by atoms with van der Waals surface area (Å²) in [5.41, 5.74) is 0.952. The van der Waals surface area contributed by atoms with Crippen LogP contribution in [0.25, 0.3) is 11.0 Å². The Balaban J connectivity index is 1.88. The summed E-state index contributed by atoms with van der Waals surface area (Å²) in [6.45, 7) is 7.32. The molecular formula is C21H30N4O3. The minimum absolute atomic E-state index is 0.00426. The molecule has 7 nitrogen and oxygen atoms in total. The van der Waals surface area contributed by atoms with E-state index in [9.17, 15) is 14.4 Å². The van der Waals surface area contributed by atoms with Crippen molar-refractivity contribution < 1.29 is 9.59 Å². The van der Waals surface area contributed by atoms with E-state index in [4.69, 9.17) is 0 Å². The van der Waals surface area contributed by atoms with Gasteiger partial charge < -0.3 is 15.0 Å². The molecule has 0 bridgehead atoms. The van der Waals surface area contributed by atoms with Crippen LogP contribution in [0.4, 0.5) is 4.79 Å². The van der Waals surface area contributed by atoms with Gasteiger partial charge in [0.2, 0.25) is 0 Å². The van der Waals surface area contributed by atoms with Crippen LogP contribution in [-0.4, -0.2) is 52.0 Å². The first-order valence-electron chi connectivity index (χ1n) is 10.3. The average Bonchev–Trinajstić information content (AvgIpc) is 3.01. The summed E-state index contributed by atoms with van der Waals surface area (Å²) >= 11 is 0. The Morgan fingerprint density at radius 1 is 1.14 bits per heavy atom. The SMILES string of the molecule is CC[C@H](C)[C@@H](C=O)NC(=O)n1c(=O)n(CCN2CCCCC2)c2ccccc21. The first kappa shape index (κ1) is 20.3. The monoisotopic (exact) mass is 386 g/mol. The van der Waals surface area contributed by atoms with Crippen LogP contribution in [0.5, 0.6) is 0 Å². The summed E-state index contributed by atoms with van der Waals surface area (Å²) in [5, 5.41) is 2.72. The molecule has 3 rings (SSSR count). The number of carbonyl (C=O) groups excluding carboxylic acids is 2. The van der Waals surface area contributed by atoms with E-state index in [0.29, 0.717) is 12.1 Å². The van der Waals surface area contributed by atoms with E-state index < -0.39 is 12.1 Å². The number of hydrogen-bond acceptors (Lipinski definition) is 4. The Kier molecular flexibility index (Phi) is 6.67. The smallest absolute Gasteiger partial charge is 0.327 e. The van der Waals surface area contributed by atoms with Gasteiger partial charge in [0.05, 0.1) is 17.1 Å². The third kappa shape index (κ3) is 4.19. The number of benzene rings is 1. The molecule has 7 heteroatoms. The fourth-order valence-electron chi connectivity index (χ4n) is 3.82. The number of aromatic nitrogens is 2. The Morgan fingerprint density at radius 3 is 2.46 bits per heavy atom. The molecule has 2 heterocycles. The molecule has 0 spiro atoms. The van der Waals surface area contributed by atoms with E-state index in [2.05, 4.69) is 10.2 Å². The van der Waals surface area contributed by atoms with Crippen LogP contribution in [0.1, 0.15) is 39.5 Å². The van der Waals surface area contributed by atoms with Crippen molar-refractivity contribution in [2.75, 3.05) is 19.6 Å². The number of imidazole rings is 1. The number of rotatable bonds is 7. The Hall–Kier alpha value is -2.41. The molecule has 1 aromatic heterocycles. The van der Waals surface area contributed by atoms with Crippen molar-refractivity contribution in [1.82, 2.24) is 19.4 Å². The van der Waals surface area contributed by atoms with Gasteiger partial charge in [-0.3, -0.25) is 4.57 Å².